The van der Waals surface area contributed by atoms with Gasteiger partial charge in [0.1, 0.15) is 12.6 Å². The molecule has 0 radical (unpaired) electrons. The lowest BCUT2D eigenvalue weighted by Crippen LogP contribution is -2.53. The maximum absolute atomic E-state index is 13.8. The van der Waals surface area contributed by atoms with Gasteiger partial charge in [-0.1, -0.05) is 49.6 Å². The average Bonchev–Trinajstić information content (AvgIpc) is 3.54. The summed E-state index contributed by atoms with van der Waals surface area (Å²) in [5, 5.41) is 3.54. The zero-order valence-corrected chi connectivity index (χ0v) is 22.6. The Labute approximate surface area is 222 Å². The molecule has 1 fully saturated rings. The van der Waals surface area contributed by atoms with Crippen molar-refractivity contribution < 1.29 is 27.5 Å². The van der Waals surface area contributed by atoms with Gasteiger partial charge in [0.25, 0.3) is 0 Å². The number of amides is 2. The number of benzene rings is 2. The van der Waals surface area contributed by atoms with Gasteiger partial charge in [-0.15, -0.1) is 0 Å². The molecule has 0 bridgehead atoms. The summed E-state index contributed by atoms with van der Waals surface area (Å²) in [6.45, 7) is 1.44. The quantitative estimate of drug-likeness (QED) is 0.484. The summed E-state index contributed by atoms with van der Waals surface area (Å²) in [6, 6.07) is 11.1. The molecule has 1 aliphatic carbocycles. The van der Waals surface area contributed by atoms with Gasteiger partial charge < -0.3 is 19.7 Å². The highest BCUT2D eigenvalue weighted by atomic mass is 35.5. The molecule has 0 saturated heterocycles. The van der Waals surface area contributed by atoms with Crippen molar-refractivity contribution >= 4 is 39.1 Å². The number of carbonyl (C=O) groups excluding carboxylic acids is 2. The molecule has 37 heavy (non-hydrogen) atoms. The summed E-state index contributed by atoms with van der Waals surface area (Å²) in [6.07, 6.45) is 5.33. The minimum atomic E-state index is -3.85. The summed E-state index contributed by atoms with van der Waals surface area (Å²) >= 11 is 6.40. The van der Waals surface area contributed by atoms with Crippen LogP contribution in [0.4, 0.5) is 5.69 Å². The molecule has 11 heteroatoms. The molecule has 4 rings (SSSR count). The van der Waals surface area contributed by atoms with Crippen molar-refractivity contribution in [1.82, 2.24) is 10.2 Å². The number of carbonyl (C=O) groups is 2. The zero-order valence-electron chi connectivity index (χ0n) is 21.0. The fraction of sp³-hybridized carbons (Fsp3) is 0.462. The second kappa shape index (κ2) is 11.6. The first kappa shape index (κ1) is 27.1. The summed E-state index contributed by atoms with van der Waals surface area (Å²) in [5.41, 5.74) is 0.930. The van der Waals surface area contributed by atoms with Crippen LogP contribution in [0.1, 0.15) is 44.6 Å². The number of nitrogens with one attached hydrogen (secondary N) is 1. The number of halogens is 1. The van der Waals surface area contributed by atoms with Crippen LogP contribution >= 0.6 is 11.6 Å². The molecule has 2 amide bonds. The number of hydrogen-bond donors (Lipinski definition) is 1. The fourth-order valence-corrected chi connectivity index (χ4v) is 5.79. The first-order valence-electron chi connectivity index (χ1n) is 12.4. The number of sulfonamides is 1. The van der Waals surface area contributed by atoms with E-state index in [1.165, 1.54) is 11.0 Å². The Bertz CT molecular complexity index is 1250. The molecule has 0 spiro atoms. The van der Waals surface area contributed by atoms with Gasteiger partial charge in [-0.3, -0.25) is 13.9 Å². The number of hydrogen-bond acceptors (Lipinski definition) is 6. The molecule has 2 aromatic carbocycles. The van der Waals surface area contributed by atoms with Crippen molar-refractivity contribution in [3.05, 3.63) is 53.1 Å². The Morgan fingerprint density at radius 1 is 1.11 bits per heavy atom. The number of anilines is 1. The first-order chi connectivity index (χ1) is 17.7. The Morgan fingerprint density at radius 3 is 2.49 bits per heavy atom. The van der Waals surface area contributed by atoms with Crippen LogP contribution in [0.25, 0.3) is 0 Å². The molecule has 9 nitrogen and oxygen atoms in total. The van der Waals surface area contributed by atoms with Crippen LogP contribution in [0.15, 0.2) is 42.5 Å². The van der Waals surface area contributed by atoms with Gasteiger partial charge in [0.15, 0.2) is 11.5 Å². The topological polar surface area (TPSA) is 105 Å². The van der Waals surface area contributed by atoms with E-state index < -0.39 is 28.5 Å². The van der Waals surface area contributed by atoms with Crippen molar-refractivity contribution in [2.24, 2.45) is 0 Å². The molecule has 0 aromatic heterocycles. The van der Waals surface area contributed by atoms with E-state index in [1.807, 2.05) is 6.92 Å². The van der Waals surface area contributed by atoms with E-state index in [1.54, 1.807) is 36.4 Å². The van der Waals surface area contributed by atoms with E-state index in [0.29, 0.717) is 28.5 Å². The molecule has 1 heterocycles. The molecular formula is C26H32ClN3O6S. The molecule has 2 aromatic rings. The average molecular weight is 550 g/mol. The highest BCUT2D eigenvalue weighted by molar-refractivity contribution is 7.92. The third-order valence-electron chi connectivity index (χ3n) is 6.71. The van der Waals surface area contributed by atoms with Crippen molar-refractivity contribution in [3.8, 4) is 11.5 Å². The van der Waals surface area contributed by atoms with E-state index >= 15 is 0 Å². The second-order valence-electron chi connectivity index (χ2n) is 9.33. The molecular weight excluding hydrogens is 518 g/mol. The third kappa shape index (κ3) is 6.48. The lowest BCUT2D eigenvalue weighted by Gasteiger charge is -2.33. The largest absolute Gasteiger partial charge is 0.454 e. The normalized spacial score (nSPS) is 15.9. The Hall–Kier alpha value is -2.98. The maximum atomic E-state index is 13.8. The first-order valence-corrected chi connectivity index (χ1v) is 14.6. The smallest absolute Gasteiger partial charge is 0.244 e. The molecule has 1 atom stereocenters. The van der Waals surface area contributed by atoms with Crippen molar-refractivity contribution in [1.29, 1.82) is 0 Å². The molecule has 2 aliphatic rings. The van der Waals surface area contributed by atoms with Crippen molar-refractivity contribution in [2.45, 2.75) is 57.7 Å². The van der Waals surface area contributed by atoms with Gasteiger partial charge >= 0.3 is 0 Å². The molecule has 1 saturated carbocycles. The monoisotopic (exact) mass is 549 g/mol. The van der Waals surface area contributed by atoms with E-state index in [-0.39, 0.29) is 31.0 Å². The summed E-state index contributed by atoms with van der Waals surface area (Å²) in [5.74, 6) is 0.132. The number of fused-ring (bicyclic) bond motifs is 1. The Kier molecular flexibility index (Phi) is 8.49. The van der Waals surface area contributed by atoms with Gasteiger partial charge in [-0.25, -0.2) is 8.42 Å². The van der Waals surface area contributed by atoms with E-state index in [2.05, 4.69) is 5.32 Å². The van der Waals surface area contributed by atoms with Gasteiger partial charge in [0, 0.05) is 23.7 Å². The SMILES string of the molecule is CC[C@H](C(=O)NC1CCCC1)N(Cc1ccccc1Cl)C(=O)CN(c1ccc2c(c1)OCO2)S(C)(=O)=O. The summed E-state index contributed by atoms with van der Waals surface area (Å²) in [7, 11) is -3.85. The Morgan fingerprint density at radius 2 is 1.81 bits per heavy atom. The molecule has 0 unspecified atom stereocenters. The second-order valence-corrected chi connectivity index (χ2v) is 11.6. The predicted molar refractivity (Wildman–Crippen MR) is 141 cm³/mol. The maximum Gasteiger partial charge on any atom is 0.244 e. The molecule has 1 aliphatic heterocycles. The van der Waals surface area contributed by atoms with Crippen LogP contribution in [0.5, 0.6) is 11.5 Å². The van der Waals surface area contributed by atoms with E-state index in [9.17, 15) is 18.0 Å². The van der Waals surface area contributed by atoms with Crippen LogP contribution in [-0.2, 0) is 26.2 Å². The van der Waals surface area contributed by atoms with Crippen molar-refractivity contribution in [2.75, 3.05) is 23.9 Å². The van der Waals surface area contributed by atoms with Crippen LogP contribution in [-0.4, -0.2) is 56.8 Å². The summed E-state index contributed by atoms with van der Waals surface area (Å²) in [4.78, 5) is 28.6. The lowest BCUT2D eigenvalue weighted by molar-refractivity contribution is -0.140. The number of nitrogens with zero attached hydrogens (tertiary/aromatic N) is 2. The number of rotatable bonds is 10. The minimum absolute atomic E-state index is 0.0382. The van der Waals surface area contributed by atoms with Crippen LogP contribution in [0.3, 0.4) is 0 Å². The van der Waals surface area contributed by atoms with Crippen LogP contribution in [0.2, 0.25) is 5.02 Å². The number of ether oxygens (including phenoxy) is 2. The van der Waals surface area contributed by atoms with Crippen LogP contribution in [0, 0.1) is 0 Å². The molecule has 200 valence electrons. The van der Waals surface area contributed by atoms with Gasteiger partial charge in [0.2, 0.25) is 28.6 Å². The third-order valence-corrected chi connectivity index (χ3v) is 8.22. The zero-order chi connectivity index (χ0) is 26.6. The van der Waals surface area contributed by atoms with Crippen molar-refractivity contribution in [3.63, 3.8) is 0 Å². The van der Waals surface area contributed by atoms with Gasteiger partial charge in [-0.05, 0) is 43.0 Å². The lowest BCUT2D eigenvalue weighted by atomic mass is 10.1. The van der Waals surface area contributed by atoms with E-state index in [0.717, 1.165) is 36.2 Å². The Balaban J connectivity index is 1.63. The standard InChI is InChI=1S/C26H32ClN3O6S/c1-3-22(26(32)28-19-9-5-6-10-19)29(15-18-8-4-7-11-21(18)27)25(31)16-30(37(2,33)34)20-12-13-23-24(14-20)36-17-35-23/h4,7-8,11-14,19,22H,3,5-6,9-10,15-17H2,1-2H3,(H,28,32)/t22-/m1/s1. The molecule has 1 N–H and O–H groups in total. The fourth-order valence-electron chi connectivity index (χ4n) is 4.75. The minimum Gasteiger partial charge on any atom is -0.454 e. The van der Waals surface area contributed by atoms with Crippen LogP contribution < -0.4 is 19.1 Å². The highest BCUT2D eigenvalue weighted by Gasteiger charge is 2.33. The van der Waals surface area contributed by atoms with Gasteiger partial charge in [0.05, 0.1) is 11.9 Å². The summed E-state index contributed by atoms with van der Waals surface area (Å²) < 4.78 is 37.3. The predicted octanol–water partition coefficient (Wildman–Crippen LogP) is 3.70. The van der Waals surface area contributed by atoms with E-state index in [4.69, 9.17) is 21.1 Å². The van der Waals surface area contributed by atoms with Gasteiger partial charge in [-0.2, -0.15) is 0 Å². The highest BCUT2D eigenvalue weighted by Crippen LogP contribution is 2.36.